The average Bonchev–Trinajstić information content (AvgIpc) is 2.60. The van der Waals surface area contributed by atoms with Crippen molar-refractivity contribution in [3.8, 4) is 0 Å². The molecule has 29 heavy (non-hydrogen) atoms. The first-order valence-corrected chi connectivity index (χ1v) is 17.7. The Morgan fingerprint density at radius 1 is 0.690 bits per heavy atom. The molecule has 2 rings (SSSR count). The molecule has 2 aliphatic heterocycles. The highest BCUT2D eigenvalue weighted by Crippen LogP contribution is 2.59. The van der Waals surface area contributed by atoms with Gasteiger partial charge in [-0.3, -0.25) is 0 Å². The van der Waals surface area contributed by atoms with E-state index in [1.54, 1.807) is 0 Å². The van der Waals surface area contributed by atoms with Crippen molar-refractivity contribution in [3.63, 3.8) is 0 Å². The summed E-state index contributed by atoms with van der Waals surface area (Å²) in [5.41, 5.74) is 0. The van der Waals surface area contributed by atoms with Crippen molar-refractivity contribution in [2.75, 3.05) is 13.2 Å². The first-order valence-electron chi connectivity index (χ1n) is 11.7. The minimum atomic E-state index is -1.83. The summed E-state index contributed by atoms with van der Waals surface area (Å²) in [5.74, 6) is 0.211. The normalized spacial score (nSPS) is 31.1. The van der Waals surface area contributed by atoms with E-state index in [4.69, 9.17) is 16.4 Å². The van der Waals surface area contributed by atoms with E-state index in [1.165, 1.54) is 25.7 Å². The van der Waals surface area contributed by atoms with E-state index >= 15 is 0 Å². The van der Waals surface area contributed by atoms with Gasteiger partial charge in [0.25, 0.3) is 0 Å². The van der Waals surface area contributed by atoms with Crippen LogP contribution in [-0.2, 0) is 9.47 Å². The minimum Gasteiger partial charge on any atom is -0.378 e. The van der Waals surface area contributed by atoms with Gasteiger partial charge < -0.3 is 9.47 Å². The predicted octanol–water partition coefficient (Wildman–Crippen LogP) is 6.23. The SMILES string of the molecule is [AlH3].[CH2]C(C1([Si](C)(C)C(C)(C)C)CCCCO1)C1([Si](C)(C)C(C)(C)C)CCCCO1. The molecule has 0 spiro atoms. The third-order valence-electron chi connectivity index (χ3n) is 9.60. The van der Waals surface area contributed by atoms with E-state index in [9.17, 15) is 0 Å². The lowest BCUT2D eigenvalue weighted by Crippen LogP contribution is -2.75. The Labute approximate surface area is 195 Å². The van der Waals surface area contributed by atoms with Crippen molar-refractivity contribution in [2.24, 2.45) is 5.92 Å². The molecule has 5 heteroatoms. The highest BCUT2D eigenvalue weighted by molar-refractivity contribution is 6.85. The molecule has 2 nitrogen and oxygen atoms in total. The number of ether oxygens (including phenoxy) is 2. The van der Waals surface area contributed by atoms with Crippen LogP contribution in [0.1, 0.15) is 80.1 Å². The molecule has 2 heterocycles. The predicted molar refractivity (Wildman–Crippen MR) is 138 cm³/mol. The Morgan fingerprint density at radius 3 is 1.21 bits per heavy atom. The smallest absolute Gasteiger partial charge is 0.187 e. The third kappa shape index (κ3) is 4.40. The second-order valence-corrected chi connectivity index (χ2v) is 23.9. The zero-order valence-corrected chi connectivity index (χ0v) is 22.8. The second kappa shape index (κ2) is 9.03. The fourth-order valence-electron chi connectivity index (χ4n) is 5.69. The zero-order valence-electron chi connectivity index (χ0n) is 20.8. The quantitative estimate of drug-likeness (QED) is 0.468. The Hall–Kier alpha value is 0.886. The highest BCUT2D eigenvalue weighted by Gasteiger charge is 2.67. The van der Waals surface area contributed by atoms with Crippen LogP contribution < -0.4 is 0 Å². The van der Waals surface area contributed by atoms with Gasteiger partial charge in [-0.2, -0.15) is 0 Å². The van der Waals surface area contributed by atoms with Crippen LogP contribution in [-0.4, -0.2) is 57.2 Å². The molecule has 0 aromatic carbocycles. The van der Waals surface area contributed by atoms with Crippen LogP contribution in [0.4, 0.5) is 0 Å². The lowest BCUT2D eigenvalue weighted by Gasteiger charge is -2.65. The van der Waals surface area contributed by atoms with Crippen molar-refractivity contribution < 1.29 is 9.47 Å². The van der Waals surface area contributed by atoms with Crippen molar-refractivity contribution in [2.45, 2.75) is 127 Å². The summed E-state index contributed by atoms with van der Waals surface area (Å²) in [7, 11) is -3.66. The summed E-state index contributed by atoms with van der Waals surface area (Å²) in [5, 5.41) is 0.333. The molecule has 1 radical (unpaired) electrons. The topological polar surface area (TPSA) is 18.5 Å². The van der Waals surface area contributed by atoms with Gasteiger partial charge in [-0.1, -0.05) is 67.7 Å². The summed E-state index contributed by atoms with van der Waals surface area (Å²) in [6.45, 7) is 31.7. The summed E-state index contributed by atoms with van der Waals surface area (Å²) < 4.78 is 13.9. The third-order valence-corrected chi connectivity index (χ3v) is 22.8. The lowest BCUT2D eigenvalue weighted by atomic mass is 9.87. The first kappa shape index (κ1) is 27.9. The van der Waals surface area contributed by atoms with E-state index in [0.717, 1.165) is 26.1 Å². The van der Waals surface area contributed by atoms with Gasteiger partial charge in [0.1, 0.15) is 0 Å². The van der Waals surface area contributed by atoms with Gasteiger partial charge in [0.2, 0.25) is 0 Å². The van der Waals surface area contributed by atoms with Crippen molar-refractivity contribution in [1.82, 2.24) is 0 Å². The van der Waals surface area contributed by atoms with Crippen LogP contribution in [0, 0.1) is 12.8 Å². The second-order valence-electron chi connectivity index (χ2n) is 12.7. The van der Waals surface area contributed by atoms with Crippen LogP contribution in [0.5, 0.6) is 0 Å². The first-order chi connectivity index (χ1) is 12.6. The average molecular weight is 456 g/mol. The van der Waals surface area contributed by atoms with E-state index in [-0.39, 0.29) is 43.8 Å². The van der Waals surface area contributed by atoms with Crippen molar-refractivity contribution >= 4 is 33.5 Å². The zero-order chi connectivity index (χ0) is 21.6. The fraction of sp³-hybridized carbons (Fsp3) is 0.958. The lowest BCUT2D eigenvalue weighted by molar-refractivity contribution is -0.135. The fourth-order valence-corrected chi connectivity index (χ4v) is 13.1. The molecule has 171 valence electrons. The maximum absolute atomic E-state index is 6.95. The molecular weight excluding hydrogens is 403 g/mol. The summed E-state index contributed by atoms with van der Waals surface area (Å²) in [6.07, 6.45) is 7.25. The van der Waals surface area contributed by atoms with E-state index < -0.39 is 16.1 Å². The molecule has 0 aliphatic carbocycles. The Bertz CT molecular complexity index is 486. The van der Waals surface area contributed by atoms with Gasteiger partial charge in [0, 0.05) is 19.1 Å². The van der Waals surface area contributed by atoms with Gasteiger partial charge in [-0.15, -0.1) is 0 Å². The molecule has 0 saturated carbocycles. The maximum atomic E-state index is 6.95. The minimum absolute atomic E-state index is 0. The Morgan fingerprint density at radius 2 is 1.00 bits per heavy atom. The number of hydrogen-bond donors (Lipinski definition) is 0. The van der Waals surface area contributed by atoms with Crippen LogP contribution in [0.2, 0.25) is 36.3 Å². The van der Waals surface area contributed by atoms with Crippen molar-refractivity contribution in [3.05, 3.63) is 6.92 Å². The Kier molecular flexibility index (Phi) is 8.69. The maximum Gasteiger partial charge on any atom is 0.187 e. The molecule has 2 fully saturated rings. The van der Waals surface area contributed by atoms with Crippen molar-refractivity contribution in [1.29, 1.82) is 0 Å². The molecule has 0 bridgehead atoms. The van der Waals surface area contributed by atoms with Gasteiger partial charge in [-0.25, -0.2) is 0 Å². The standard InChI is InChI=1S/C24H49O2Si2.Al.3H/c1-20(23(16-12-14-18-25-23)27(8,9)21(2,3)4)24(17-13-15-19-26-24)28(10,11)22(5,6)7;;;;/h20H,1,12-19H2,2-11H3;;;;. The van der Waals surface area contributed by atoms with Gasteiger partial charge in [-0.05, 0) is 55.5 Å². The van der Waals surface area contributed by atoms with E-state index in [0.29, 0.717) is 0 Å². The molecule has 2 unspecified atom stereocenters. The van der Waals surface area contributed by atoms with E-state index in [1.807, 2.05) is 0 Å². The van der Waals surface area contributed by atoms with Gasteiger partial charge in [0.05, 0.1) is 26.6 Å². The highest BCUT2D eigenvalue weighted by atomic mass is 28.3. The number of hydrogen-bond acceptors (Lipinski definition) is 2. The molecule has 0 N–H and O–H groups in total. The monoisotopic (exact) mass is 455 g/mol. The largest absolute Gasteiger partial charge is 0.378 e. The molecule has 2 saturated heterocycles. The van der Waals surface area contributed by atoms with Crippen LogP contribution >= 0.6 is 0 Å². The molecule has 0 aromatic heterocycles. The number of rotatable bonds is 4. The Balaban J connectivity index is 0.00000420. The summed E-state index contributed by atoms with van der Waals surface area (Å²) >= 11 is 0. The summed E-state index contributed by atoms with van der Waals surface area (Å²) in [4.78, 5) is 0. The van der Waals surface area contributed by atoms with Gasteiger partial charge in [0.15, 0.2) is 17.4 Å². The van der Waals surface area contributed by atoms with Crippen LogP contribution in [0.15, 0.2) is 0 Å². The van der Waals surface area contributed by atoms with Crippen LogP contribution in [0.3, 0.4) is 0 Å². The molecular formula is C24H52AlO2Si2. The van der Waals surface area contributed by atoms with Gasteiger partial charge >= 0.3 is 0 Å². The molecule has 0 aromatic rings. The molecule has 2 atom stereocenters. The van der Waals surface area contributed by atoms with E-state index in [2.05, 4.69) is 67.7 Å². The van der Waals surface area contributed by atoms with Crippen LogP contribution in [0.25, 0.3) is 0 Å². The summed E-state index contributed by atoms with van der Waals surface area (Å²) in [6, 6.07) is 0. The molecule has 2 aliphatic rings. The molecule has 0 amide bonds.